The molecule has 0 aromatic heterocycles. The quantitative estimate of drug-likeness (QED) is 0.566. The number of hydrogen-bond donors (Lipinski definition) is 3. The van der Waals surface area contributed by atoms with Crippen molar-refractivity contribution in [2.75, 3.05) is 26.2 Å². The number of hydrogen-bond acceptors (Lipinski definition) is 4. The van der Waals surface area contributed by atoms with Crippen LogP contribution in [-0.4, -0.2) is 59.4 Å². The molecule has 2 fully saturated rings. The van der Waals surface area contributed by atoms with Crippen molar-refractivity contribution in [3.8, 4) is 0 Å². The number of nitrogens with one attached hydrogen (secondary N) is 1. The molecule has 0 amide bonds. The predicted molar refractivity (Wildman–Crippen MR) is 73.1 cm³/mol. The fourth-order valence-corrected chi connectivity index (χ4v) is 3.05. The van der Waals surface area contributed by atoms with Crippen LogP contribution >= 0.6 is 0 Å². The van der Waals surface area contributed by atoms with E-state index in [1.807, 2.05) is 0 Å². The lowest BCUT2D eigenvalue weighted by atomic mass is 9.90. The Kier molecular flexibility index (Phi) is 5.60. The molecule has 2 rings (SSSR count). The second-order valence-corrected chi connectivity index (χ2v) is 5.95. The molecule has 1 saturated carbocycles. The Hall–Kier alpha value is -0.650. The van der Waals surface area contributed by atoms with E-state index >= 15 is 0 Å². The number of aliphatic hydroxyl groups excluding tert-OH is 1. The normalized spacial score (nSPS) is 28.5. The van der Waals surface area contributed by atoms with Crippen LogP contribution in [0, 0.1) is 5.92 Å². The fourth-order valence-electron chi connectivity index (χ4n) is 3.05. The Bertz CT molecular complexity index is 294. The van der Waals surface area contributed by atoms with Gasteiger partial charge < -0.3 is 15.5 Å². The molecule has 0 radical (unpaired) electrons. The molecule has 0 bridgehead atoms. The second-order valence-electron chi connectivity index (χ2n) is 5.95. The summed E-state index contributed by atoms with van der Waals surface area (Å²) in [6.45, 7) is 3.23. The van der Waals surface area contributed by atoms with E-state index in [2.05, 4.69) is 10.2 Å². The van der Waals surface area contributed by atoms with Crippen molar-refractivity contribution in [1.82, 2.24) is 10.2 Å². The van der Waals surface area contributed by atoms with Crippen molar-refractivity contribution in [1.29, 1.82) is 0 Å². The number of likely N-dealkylation sites (tertiary alicyclic amines) is 1. The van der Waals surface area contributed by atoms with E-state index in [1.165, 1.54) is 12.8 Å². The summed E-state index contributed by atoms with van der Waals surface area (Å²) < 4.78 is 0. The van der Waals surface area contributed by atoms with E-state index in [-0.39, 0.29) is 13.0 Å². The third-order valence-corrected chi connectivity index (χ3v) is 4.16. The molecular formula is C14H26N2O3. The molecule has 1 saturated heterocycles. The van der Waals surface area contributed by atoms with Gasteiger partial charge in [-0.25, -0.2) is 0 Å². The van der Waals surface area contributed by atoms with Gasteiger partial charge in [0.15, 0.2) is 0 Å². The lowest BCUT2D eigenvalue weighted by Gasteiger charge is -2.38. The SMILES string of the molecule is O=C(O)CCC1CC(NCCCO)CN(C2CC2)C1. The van der Waals surface area contributed by atoms with Crippen LogP contribution in [0.25, 0.3) is 0 Å². The number of aliphatic hydroxyl groups is 1. The van der Waals surface area contributed by atoms with Crippen LogP contribution in [0.5, 0.6) is 0 Å². The van der Waals surface area contributed by atoms with Crippen molar-refractivity contribution >= 4 is 5.97 Å². The maximum absolute atomic E-state index is 10.7. The maximum atomic E-state index is 10.7. The highest BCUT2D eigenvalue weighted by atomic mass is 16.4. The van der Waals surface area contributed by atoms with Gasteiger partial charge in [-0.15, -0.1) is 0 Å². The molecule has 0 spiro atoms. The molecule has 0 aromatic rings. The number of carbonyl (C=O) groups is 1. The lowest BCUT2D eigenvalue weighted by molar-refractivity contribution is -0.137. The second kappa shape index (κ2) is 7.22. The van der Waals surface area contributed by atoms with Crippen molar-refractivity contribution in [2.24, 2.45) is 5.92 Å². The van der Waals surface area contributed by atoms with E-state index in [4.69, 9.17) is 10.2 Å². The van der Waals surface area contributed by atoms with Gasteiger partial charge in [0, 0.05) is 38.2 Å². The maximum Gasteiger partial charge on any atom is 0.303 e. The summed E-state index contributed by atoms with van der Waals surface area (Å²) >= 11 is 0. The molecular weight excluding hydrogens is 244 g/mol. The van der Waals surface area contributed by atoms with E-state index in [0.29, 0.717) is 12.0 Å². The number of aliphatic carboxylic acids is 1. The number of rotatable bonds is 8. The molecule has 19 heavy (non-hydrogen) atoms. The fraction of sp³-hybridized carbons (Fsp3) is 0.929. The van der Waals surface area contributed by atoms with Crippen LogP contribution < -0.4 is 5.32 Å². The number of carboxylic acids is 1. The topological polar surface area (TPSA) is 72.8 Å². The largest absolute Gasteiger partial charge is 0.481 e. The number of carboxylic acid groups (broad SMARTS) is 1. The molecule has 2 aliphatic rings. The summed E-state index contributed by atoms with van der Waals surface area (Å²) in [4.78, 5) is 13.2. The van der Waals surface area contributed by atoms with E-state index in [0.717, 1.165) is 44.9 Å². The smallest absolute Gasteiger partial charge is 0.303 e. The van der Waals surface area contributed by atoms with Crippen molar-refractivity contribution in [2.45, 2.75) is 50.6 Å². The van der Waals surface area contributed by atoms with Crippen LogP contribution in [0.3, 0.4) is 0 Å². The summed E-state index contributed by atoms with van der Waals surface area (Å²) in [7, 11) is 0. The Morgan fingerprint density at radius 1 is 1.32 bits per heavy atom. The van der Waals surface area contributed by atoms with Crippen LogP contribution in [0.4, 0.5) is 0 Å². The molecule has 1 aliphatic heterocycles. The highest BCUT2D eigenvalue weighted by Crippen LogP contribution is 2.32. The highest BCUT2D eigenvalue weighted by molar-refractivity contribution is 5.66. The monoisotopic (exact) mass is 270 g/mol. The molecule has 2 unspecified atom stereocenters. The van der Waals surface area contributed by atoms with Crippen LogP contribution in [0.2, 0.25) is 0 Å². The van der Waals surface area contributed by atoms with Gasteiger partial charge in [-0.05, 0) is 44.6 Å². The Morgan fingerprint density at radius 2 is 2.11 bits per heavy atom. The first-order chi connectivity index (χ1) is 9.19. The summed E-state index contributed by atoms with van der Waals surface area (Å²) in [5.41, 5.74) is 0. The van der Waals surface area contributed by atoms with Crippen LogP contribution in [0.1, 0.15) is 38.5 Å². The third-order valence-electron chi connectivity index (χ3n) is 4.16. The van der Waals surface area contributed by atoms with Crippen LogP contribution in [0.15, 0.2) is 0 Å². The first-order valence-electron chi connectivity index (χ1n) is 7.49. The number of piperidine rings is 1. The van der Waals surface area contributed by atoms with Crippen molar-refractivity contribution < 1.29 is 15.0 Å². The zero-order valence-corrected chi connectivity index (χ0v) is 11.6. The average Bonchev–Trinajstić information content (AvgIpc) is 3.21. The Labute approximate surface area is 115 Å². The van der Waals surface area contributed by atoms with Gasteiger partial charge in [-0.3, -0.25) is 9.69 Å². The average molecular weight is 270 g/mol. The zero-order chi connectivity index (χ0) is 13.7. The molecule has 3 N–H and O–H groups in total. The molecule has 110 valence electrons. The van der Waals surface area contributed by atoms with Gasteiger partial charge in [0.25, 0.3) is 0 Å². The van der Waals surface area contributed by atoms with Gasteiger partial charge >= 0.3 is 5.97 Å². The first-order valence-corrected chi connectivity index (χ1v) is 7.49. The molecule has 1 aliphatic carbocycles. The first kappa shape index (κ1) is 14.8. The standard InChI is InChI=1S/C14H26N2O3/c17-7-1-6-15-12-8-11(2-5-14(18)19)9-16(10-12)13-3-4-13/h11-13,15,17H,1-10H2,(H,18,19). The molecule has 5 nitrogen and oxygen atoms in total. The Morgan fingerprint density at radius 3 is 2.74 bits per heavy atom. The van der Waals surface area contributed by atoms with Gasteiger partial charge in [0.1, 0.15) is 0 Å². The van der Waals surface area contributed by atoms with Gasteiger partial charge in [0.05, 0.1) is 0 Å². The minimum Gasteiger partial charge on any atom is -0.481 e. The van der Waals surface area contributed by atoms with Gasteiger partial charge in [0.2, 0.25) is 0 Å². The summed E-state index contributed by atoms with van der Waals surface area (Å²) in [5.74, 6) is -0.189. The van der Waals surface area contributed by atoms with E-state index in [9.17, 15) is 4.79 Å². The predicted octanol–water partition coefficient (Wildman–Crippen LogP) is 0.676. The Balaban J connectivity index is 1.79. The van der Waals surface area contributed by atoms with Crippen molar-refractivity contribution in [3.05, 3.63) is 0 Å². The van der Waals surface area contributed by atoms with E-state index < -0.39 is 5.97 Å². The summed E-state index contributed by atoms with van der Waals surface area (Å²) in [6.07, 6.45) is 5.54. The molecule has 2 atom stereocenters. The molecule has 5 heteroatoms. The van der Waals surface area contributed by atoms with Crippen molar-refractivity contribution in [3.63, 3.8) is 0 Å². The summed E-state index contributed by atoms with van der Waals surface area (Å²) in [5, 5.41) is 21.1. The number of nitrogens with zero attached hydrogens (tertiary/aromatic N) is 1. The minimum atomic E-state index is -0.687. The van der Waals surface area contributed by atoms with Crippen LogP contribution in [-0.2, 0) is 4.79 Å². The zero-order valence-electron chi connectivity index (χ0n) is 11.6. The highest BCUT2D eigenvalue weighted by Gasteiger charge is 2.35. The van der Waals surface area contributed by atoms with E-state index in [1.54, 1.807) is 0 Å². The molecule has 1 heterocycles. The minimum absolute atomic E-state index is 0.231. The molecule has 0 aromatic carbocycles. The third kappa shape index (κ3) is 5.09. The lowest BCUT2D eigenvalue weighted by Crippen LogP contribution is -2.50. The van der Waals surface area contributed by atoms with Gasteiger partial charge in [-0.2, -0.15) is 0 Å². The van der Waals surface area contributed by atoms with Gasteiger partial charge in [-0.1, -0.05) is 0 Å². The summed E-state index contributed by atoms with van der Waals surface area (Å²) in [6, 6.07) is 1.20.